The summed E-state index contributed by atoms with van der Waals surface area (Å²) in [5, 5.41) is 6.53. The van der Waals surface area contributed by atoms with Crippen molar-refractivity contribution in [2.45, 2.75) is 11.8 Å². The Morgan fingerprint density at radius 2 is 1.96 bits per heavy atom. The molecular weight excluding hydrogens is 472 g/mol. The monoisotopic (exact) mass is 484 g/mol. The van der Waals surface area contributed by atoms with Crippen molar-refractivity contribution in [1.82, 2.24) is 10.1 Å². The van der Waals surface area contributed by atoms with Crippen LogP contribution in [0.5, 0.6) is 0 Å². The van der Waals surface area contributed by atoms with Crippen molar-refractivity contribution in [1.29, 1.82) is 0 Å². The van der Waals surface area contributed by atoms with E-state index in [4.69, 9.17) is 16.1 Å². The van der Waals surface area contributed by atoms with Crippen molar-refractivity contribution in [2.75, 3.05) is 16.2 Å². The van der Waals surface area contributed by atoms with Gasteiger partial charge in [-0.3, -0.25) is 4.79 Å². The number of anilines is 2. The summed E-state index contributed by atoms with van der Waals surface area (Å²) in [5.74, 6) is -0.162. The number of nitrogens with zero attached hydrogens (tertiary/aromatic N) is 3. The standard InChI is InChI=1S/C17H14BrClN4O4S/c1-11-8-16(22-27-11)23(28(25,26)14-6-7-15(19)20-9-14)10-17(24)21-13-4-2-12(18)3-5-13/h2-9H,10H2,1H3,(H,21,24). The molecule has 0 saturated carbocycles. The molecule has 2 aromatic heterocycles. The maximum absolute atomic E-state index is 13.1. The van der Waals surface area contributed by atoms with Gasteiger partial charge >= 0.3 is 0 Å². The lowest BCUT2D eigenvalue weighted by atomic mass is 10.3. The summed E-state index contributed by atoms with van der Waals surface area (Å²) in [6, 6.07) is 11.0. The Labute approximate surface area is 174 Å². The Morgan fingerprint density at radius 3 is 2.54 bits per heavy atom. The molecule has 2 heterocycles. The first kappa shape index (κ1) is 20.3. The van der Waals surface area contributed by atoms with Crippen LogP contribution in [0.4, 0.5) is 11.5 Å². The molecule has 0 fully saturated rings. The lowest BCUT2D eigenvalue weighted by Crippen LogP contribution is -2.38. The summed E-state index contributed by atoms with van der Waals surface area (Å²) in [6.07, 6.45) is 1.12. The number of carbonyl (C=O) groups is 1. The van der Waals surface area contributed by atoms with Gasteiger partial charge in [0.05, 0.1) is 0 Å². The molecule has 11 heteroatoms. The number of amides is 1. The van der Waals surface area contributed by atoms with Crippen LogP contribution in [-0.4, -0.2) is 31.0 Å². The number of sulfonamides is 1. The molecule has 1 aromatic carbocycles. The van der Waals surface area contributed by atoms with E-state index in [9.17, 15) is 13.2 Å². The second-order valence-corrected chi connectivity index (χ2v) is 8.84. The number of pyridine rings is 1. The van der Waals surface area contributed by atoms with E-state index in [0.717, 1.165) is 15.0 Å². The predicted molar refractivity (Wildman–Crippen MR) is 108 cm³/mol. The molecule has 3 aromatic rings. The highest BCUT2D eigenvalue weighted by Crippen LogP contribution is 2.24. The van der Waals surface area contributed by atoms with Crippen LogP contribution in [0.25, 0.3) is 0 Å². The lowest BCUT2D eigenvalue weighted by Gasteiger charge is -2.21. The van der Waals surface area contributed by atoms with Gasteiger partial charge in [0, 0.05) is 22.4 Å². The average molecular weight is 486 g/mol. The van der Waals surface area contributed by atoms with Crippen LogP contribution < -0.4 is 9.62 Å². The Balaban J connectivity index is 1.90. The van der Waals surface area contributed by atoms with Gasteiger partial charge in [-0.25, -0.2) is 17.7 Å². The SMILES string of the molecule is Cc1cc(N(CC(=O)Nc2ccc(Br)cc2)S(=O)(=O)c2ccc(Cl)nc2)no1. The summed E-state index contributed by atoms with van der Waals surface area (Å²) in [6.45, 7) is 1.11. The smallest absolute Gasteiger partial charge is 0.267 e. The molecule has 1 amide bonds. The van der Waals surface area contributed by atoms with Crippen LogP contribution in [0.3, 0.4) is 0 Å². The average Bonchev–Trinajstić information content (AvgIpc) is 3.08. The highest BCUT2D eigenvalue weighted by molar-refractivity contribution is 9.10. The summed E-state index contributed by atoms with van der Waals surface area (Å²) < 4.78 is 32.8. The zero-order chi connectivity index (χ0) is 20.3. The number of nitrogens with one attached hydrogen (secondary N) is 1. The van der Waals surface area contributed by atoms with Crippen molar-refractivity contribution in [3.63, 3.8) is 0 Å². The summed E-state index contributed by atoms with van der Waals surface area (Å²) in [7, 11) is -4.13. The van der Waals surface area contributed by atoms with E-state index in [1.165, 1.54) is 18.2 Å². The molecule has 0 aliphatic heterocycles. The molecule has 0 atom stereocenters. The van der Waals surface area contributed by atoms with Gasteiger partial charge in [-0.2, -0.15) is 0 Å². The van der Waals surface area contributed by atoms with Gasteiger partial charge in [-0.05, 0) is 43.3 Å². The molecular formula is C17H14BrClN4O4S. The van der Waals surface area contributed by atoms with Gasteiger partial charge in [0.2, 0.25) is 5.91 Å². The van der Waals surface area contributed by atoms with Crippen LogP contribution in [-0.2, 0) is 14.8 Å². The van der Waals surface area contributed by atoms with Gasteiger partial charge in [-0.15, -0.1) is 0 Å². The number of halogens is 2. The fourth-order valence-electron chi connectivity index (χ4n) is 2.27. The maximum Gasteiger partial charge on any atom is 0.267 e. The lowest BCUT2D eigenvalue weighted by molar-refractivity contribution is -0.114. The molecule has 28 heavy (non-hydrogen) atoms. The largest absolute Gasteiger partial charge is 0.360 e. The molecule has 0 aliphatic rings. The number of benzene rings is 1. The van der Waals surface area contributed by atoms with E-state index >= 15 is 0 Å². The number of hydrogen-bond donors (Lipinski definition) is 1. The van der Waals surface area contributed by atoms with Crippen molar-refractivity contribution >= 4 is 55.0 Å². The van der Waals surface area contributed by atoms with E-state index < -0.39 is 22.5 Å². The maximum atomic E-state index is 13.1. The Kier molecular flexibility index (Phi) is 6.01. The zero-order valence-electron chi connectivity index (χ0n) is 14.5. The molecule has 0 spiro atoms. The molecule has 8 nitrogen and oxygen atoms in total. The molecule has 0 aliphatic carbocycles. The molecule has 0 radical (unpaired) electrons. The normalized spacial score (nSPS) is 11.2. The van der Waals surface area contributed by atoms with Gasteiger partial charge in [0.25, 0.3) is 10.0 Å². The fraction of sp³-hybridized carbons (Fsp3) is 0.118. The Bertz CT molecular complexity index is 1090. The summed E-state index contributed by atoms with van der Waals surface area (Å²) in [4.78, 5) is 16.2. The van der Waals surface area contributed by atoms with Crippen LogP contribution in [0, 0.1) is 6.92 Å². The number of carbonyl (C=O) groups excluding carboxylic acids is 1. The molecule has 3 rings (SSSR count). The third kappa shape index (κ3) is 4.70. The molecule has 0 saturated heterocycles. The second kappa shape index (κ2) is 8.29. The Hall–Kier alpha value is -2.43. The summed E-state index contributed by atoms with van der Waals surface area (Å²) in [5.41, 5.74) is 0.523. The first-order valence-corrected chi connectivity index (χ1v) is 10.5. The molecule has 1 N–H and O–H groups in total. The van der Waals surface area contributed by atoms with Gasteiger partial charge in [0.1, 0.15) is 22.4 Å². The van der Waals surface area contributed by atoms with Crippen molar-refractivity contribution in [3.8, 4) is 0 Å². The molecule has 0 bridgehead atoms. The quantitative estimate of drug-likeness (QED) is 0.535. The first-order chi connectivity index (χ1) is 13.3. The minimum atomic E-state index is -4.13. The summed E-state index contributed by atoms with van der Waals surface area (Å²) >= 11 is 9.04. The van der Waals surface area contributed by atoms with Gasteiger partial charge in [-0.1, -0.05) is 32.7 Å². The number of hydrogen-bond acceptors (Lipinski definition) is 6. The van der Waals surface area contributed by atoms with Crippen LogP contribution in [0.1, 0.15) is 5.76 Å². The van der Waals surface area contributed by atoms with Crippen molar-refractivity contribution in [2.24, 2.45) is 0 Å². The van der Waals surface area contributed by atoms with E-state index in [2.05, 4.69) is 31.4 Å². The van der Waals surface area contributed by atoms with Crippen LogP contribution in [0.15, 0.2) is 62.6 Å². The zero-order valence-corrected chi connectivity index (χ0v) is 17.6. The third-order valence-electron chi connectivity index (χ3n) is 3.57. The minimum absolute atomic E-state index is 0.0154. The van der Waals surface area contributed by atoms with E-state index in [0.29, 0.717) is 11.4 Å². The van der Waals surface area contributed by atoms with Crippen molar-refractivity contribution < 1.29 is 17.7 Å². The van der Waals surface area contributed by atoms with E-state index in [1.54, 1.807) is 31.2 Å². The van der Waals surface area contributed by atoms with Crippen LogP contribution >= 0.6 is 27.5 Å². The minimum Gasteiger partial charge on any atom is -0.360 e. The third-order valence-corrected chi connectivity index (χ3v) is 6.06. The number of aromatic nitrogens is 2. The highest BCUT2D eigenvalue weighted by Gasteiger charge is 2.30. The van der Waals surface area contributed by atoms with Gasteiger partial charge < -0.3 is 9.84 Å². The van der Waals surface area contributed by atoms with Gasteiger partial charge in [0.15, 0.2) is 5.82 Å². The highest BCUT2D eigenvalue weighted by atomic mass is 79.9. The van der Waals surface area contributed by atoms with Crippen molar-refractivity contribution in [3.05, 3.63) is 64.0 Å². The number of rotatable bonds is 6. The Morgan fingerprint density at radius 1 is 1.25 bits per heavy atom. The second-order valence-electron chi connectivity index (χ2n) is 5.68. The van der Waals surface area contributed by atoms with Crippen LogP contribution in [0.2, 0.25) is 5.15 Å². The first-order valence-electron chi connectivity index (χ1n) is 7.89. The molecule has 146 valence electrons. The fourth-order valence-corrected chi connectivity index (χ4v) is 3.94. The number of aryl methyl sites for hydroxylation is 1. The van der Waals surface area contributed by atoms with E-state index in [1.807, 2.05) is 0 Å². The predicted octanol–water partition coefficient (Wildman–Crippen LogP) is 3.63. The topological polar surface area (TPSA) is 105 Å². The van der Waals surface area contributed by atoms with E-state index in [-0.39, 0.29) is 15.9 Å². The molecule has 0 unspecified atom stereocenters.